The van der Waals surface area contributed by atoms with Crippen molar-refractivity contribution in [2.75, 3.05) is 46.3 Å². The summed E-state index contributed by atoms with van der Waals surface area (Å²) in [5, 5.41) is 10.7. The fourth-order valence-corrected chi connectivity index (χ4v) is 6.46. The lowest BCUT2D eigenvalue weighted by atomic mass is 10.1. The molecule has 0 unspecified atom stereocenters. The first-order valence-corrected chi connectivity index (χ1v) is 15.8. The number of aromatic nitrogens is 1. The summed E-state index contributed by atoms with van der Waals surface area (Å²) < 4.78 is 49.4. The molecule has 0 bridgehead atoms. The van der Waals surface area contributed by atoms with Crippen LogP contribution in [0.25, 0.3) is 0 Å². The van der Waals surface area contributed by atoms with Crippen LogP contribution in [0, 0.1) is 6.92 Å². The average Bonchev–Trinajstić information content (AvgIpc) is 3.45. The number of thiazole rings is 1. The van der Waals surface area contributed by atoms with Gasteiger partial charge in [0.1, 0.15) is 41.2 Å². The van der Waals surface area contributed by atoms with Gasteiger partial charge in [-0.1, -0.05) is 30.3 Å². The van der Waals surface area contributed by atoms with E-state index in [2.05, 4.69) is 4.98 Å². The first kappa shape index (κ1) is 33.6. The number of Topliss-reactive ketones (excluding diaryl/α,β-unsaturated/α-hetero) is 1. The van der Waals surface area contributed by atoms with Gasteiger partial charge in [-0.2, -0.15) is 4.31 Å². The van der Waals surface area contributed by atoms with E-state index in [1.54, 1.807) is 17.0 Å². The van der Waals surface area contributed by atoms with E-state index in [0.717, 1.165) is 28.9 Å². The zero-order valence-corrected chi connectivity index (χ0v) is 25.7. The normalized spacial score (nSPS) is 11.4. The predicted octanol–water partition coefficient (Wildman–Crippen LogP) is 3.61. The van der Waals surface area contributed by atoms with Gasteiger partial charge < -0.3 is 19.5 Å². The van der Waals surface area contributed by atoms with Gasteiger partial charge in [-0.15, -0.1) is 11.3 Å². The number of amides is 1. The van der Waals surface area contributed by atoms with Crippen LogP contribution in [0.15, 0.2) is 47.8 Å². The summed E-state index contributed by atoms with van der Waals surface area (Å²) in [6.07, 6.45) is 1.36. The van der Waals surface area contributed by atoms with Crippen LogP contribution in [0.2, 0.25) is 0 Å². The van der Waals surface area contributed by atoms with Gasteiger partial charge in [0, 0.05) is 29.6 Å². The minimum Gasteiger partial charge on any atom is -0.496 e. The molecule has 0 aliphatic heterocycles. The Balaban J connectivity index is 1.82. The van der Waals surface area contributed by atoms with E-state index in [4.69, 9.17) is 14.6 Å². The molecule has 0 fully saturated rings. The van der Waals surface area contributed by atoms with E-state index in [9.17, 15) is 27.2 Å². The standard InChI is InChI=1S/C29H34FN3O8S2/c1-20-25(40-2)14-22(15-26(20)41-3)29(37)32(12-7-10-21-8-5-4-6-9-21)16-27-31-23(18-42-27)24(34)19-43(38,39)33(13-11-30)17-28(35)36/h4-6,8-9,14-15,18H,7,10-13,16-17,19H2,1-3H3,(H,35,36). The molecular weight excluding hydrogens is 601 g/mol. The van der Waals surface area contributed by atoms with Crippen LogP contribution in [0.1, 0.15) is 43.4 Å². The zero-order chi connectivity index (χ0) is 31.6. The van der Waals surface area contributed by atoms with Gasteiger partial charge in [0.2, 0.25) is 10.0 Å². The van der Waals surface area contributed by atoms with Crippen LogP contribution in [-0.2, 0) is 27.8 Å². The van der Waals surface area contributed by atoms with E-state index < -0.39 is 47.3 Å². The number of ether oxygens (including phenoxy) is 2. The van der Waals surface area contributed by atoms with Crippen LogP contribution >= 0.6 is 11.3 Å². The number of methoxy groups -OCH3 is 2. The quantitative estimate of drug-likeness (QED) is 0.220. The number of carbonyl (C=O) groups excluding carboxylic acids is 2. The number of benzene rings is 2. The molecule has 43 heavy (non-hydrogen) atoms. The van der Waals surface area contributed by atoms with E-state index in [1.807, 2.05) is 37.3 Å². The lowest BCUT2D eigenvalue weighted by Crippen LogP contribution is -2.40. The van der Waals surface area contributed by atoms with Crippen LogP contribution in [-0.4, -0.2) is 91.7 Å². The van der Waals surface area contributed by atoms with Crippen molar-refractivity contribution < 1.29 is 41.8 Å². The highest BCUT2D eigenvalue weighted by Crippen LogP contribution is 2.30. The number of ketones is 1. The SMILES string of the molecule is COc1cc(C(=O)N(CCCc2ccccc2)Cc2nc(C(=O)CS(=O)(=O)N(CCF)CC(=O)O)cs2)cc(OC)c1C. The summed E-state index contributed by atoms with van der Waals surface area (Å²) in [5.41, 5.74) is 2.05. The molecule has 0 aliphatic carbocycles. The summed E-state index contributed by atoms with van der Waals surface area (Å²) in [6.45, 7) is -0.527. The third kappa shape index (κ3) is 9.30. The molecule has 1 heterocycles. The number of aryl methyl sites for hydroxylation is 1. The Morgan fingerprint density at radius 1 is 1.05 bits per heavy atom. The smallest absolute Gasteiger partial charge is 0.318 e. The molecule has 0 saturated carbocycles. The first-order chi connectivity index (χ1) is 20.5. The van der Waals surface area contributed by atoms with Gasteiger partial charge in [-0.3, -0.25) is 14.4 Å². The Kier molecular flexibility index (Phi) is 12.2. The summed E-state index contributed by atoms with van der Waals surface area (Å²) >= 11 is 1.08. The molecule has 2 aromatic carbocycles. The Bertz CT molecular complexity index is 1500. The van der Waals surface area contributed by atoms with E-state index in [0.29, 0.717) is 39.3 Å². The number of rotatable bonds is 17. The molecule has 0 radical (unpaired) electrons. The lowest BCUT2D eigenvalue weighted by Gasteiger charge is -2.23. The van der Waals surface area contributed by atoms with Gasteiger partial charge in [0.05, 0.1) is 20.8 Å². The summed E-state index contributed by atoms with van der Waals surface area (Å²) in [6, 6.07) is 13.1. The number of sulfonamides is 1. The fraction of sp³-hybridized carbons (Fsp3) is 0.379. The zero-order valence-electron chi connectivity index (χ0n) is 24.1. The van der Waals surface area contributed by atoms with Crippen molar-refractivity contribution in [3.05, 3.63) is 75.2 Å². The maximum atomic E-state index is 13.8. The number of aliphatic carboxylic acids is 1. The highest BCUT2D eigenvalue weighted by atomic mass is 32.2. The molecule has 1 N–H and O–H groups in total. The first-order valence-electron chi connectivity index (χ1n) is 13.3. The molecular formula is C29H34FN3O8S2. The molecule has 0 spiro atoms. The van der Waals surface area contributed by atoms with Crippen molar-refractivity contribution >= 4 is 39.0 Å². The second-order valence-electron chi connectivity index (χ2n) is 9.54. The topological polar surface area (TPSA) is 143 Å². The number of carboxylic acids is 1. The van der Waals surface area contributed by atoms with E-state index in [1.165, 1.54) is 19.6 Å². The second kappa shape index (κ2) is 15.5. The van der Waals surface area contributed by atoms with Crippen LogP contribution in [0.4, 0.5) is 4.39 Å². The molecule has 0 aliphatic rings. The molecule has 14 heteroatoms. The number of carbonyl (C=O) groups is 3. The Labute approximate surface area is 253 Å². The third-order valence-electron chi connectivity index (χ3n) is 6.54. The van der Waals surface area contributed by atoms with E-state index >= 15 is 0 Å². The largest absolute Gasteiger partial charge is 0.496 e. The van der Waals surface area contributed by atoms with E-state index in [-0.39, 0.29) is 18.1 Å². The Hall–Kier alpha value is -3.88. The Morgan fingerprint density at radius 2 is 1.70 bits per heavy atom. The van der Waals surface area contributed by atoms with Crippen molar-refractivity contribution in [1.82, 2.24) is 14.2 Å². The van der Waals surface area contributed by atoms with Crippen molar-refractivity contribution in [3.63, 3.8) is 0 Å². The summed E-state index contributed by atoms with van der Waals surface area (Å²) in [7, 11) is -1.41. The maximum absolute atomic E-state index is 13.8. The molecule has 3 rings (SSSR count). The third-order valence-corrected chi connectivity index (χ3v) is 9.10. The molecule has 1 aromatic heterocycles. The molecule has 1 amide bonds. The highest BCUT2D eigenvalue weighted by Gasteiger charge is 2.29. The monoisotopic (exact) mass is 635 g/mol. The predicted molar refractivity (Wildman–Crippen MR) is 159 cm³/mol. The van der Waals surface area contributed by atoms with Gasteiger partial charge in [0.15, 0.2) is 5.78 Å². The number of halogens is 1. The van der Waals surface area contributed by atoms with Crippen LogP contribution in [0.3, 0.4) is 0 Å². The highest BCUT2D eigenvalue weighted by molar-refractivity contribution is 7.89. The second-order valence-corrected chi connectivity index (χ2v) is 12.5. The minimum atomic E-state index is -4.41. The molecule has 3 aromatic rings. The molecule has 232 valence electrons. The van der Waals surface area contributed by atoms with Crippen molar-refractivity contribution in [3.8, 4) is 11.5 Å². The average molecular weight is 636 g/mol. The fourth-order valence-electron chi connectivity index (χ4n) is 4.33. The van der Waals surface area contributed by atoms with Crippen LogP contribution < -0.4 is 9.47 Å². The minimum absolute atomic E-state index is 0.0455. The van der Waals surface area contributed by atoms with Crippen molar-refractivity contribution in [2.45, 2.75) is 26.3 Å². The molecule has 0 saturated heterocycles. The van der Waals surface area contributed by atoms with Gasteiger partial charge >= 0.3 is 5.97 Å². The lowest BCUT2D eigenvalue weighted by molar-refractivity contribution is -0.137. The molecule has 0 atom stereocenters. The van der Waals surface area contributed by atoms with Crippen LogP contribution in [0.5, 0.6) is 11.5 Å². The number of hydrogen-bond donors (Lipinski definition) is 1. The number of hydrogen-bond acceptors (Lipinski definition) is 9. The Morgan fingerprint density at radius 3 is 2.28 bits per heavy atom. The summed E-state index contributed by atoms with van der Waals surface area (Å²) in [4.78, 5) is 43.4. The van der Waals surface area contributed by atoms with Gasteiger partial charge in [-0.25, -0.2) is 17.8 Å². The van der Waals surface area contributed by atoms with Gasteiger partial charge in [0.25, 0.3) is 5.91 Å². The number of nitrogens with zero attached hydrogens (tertiary/aromatic N) is 3. The number of carboxylic acid groups (broad SMARTS) is 1. The van der Waals surface area contributed by atoms with Crippen molar-refractivity contribution in [2.24, 2.45) is 0 Å². The van der Waals surface area contributed by atoms with Gasteiger partial charge in [-0.05, 0) is 37.5 Å². The number of alkyl halides is 1. The molecule has 11 nitrogen and oxygen atoms in total. The van der Waals surface area contributed by atoms with Crippen molar-refractivity contribution in [1.29, 1.82) is 0 Å². The summed E-state index contributed by atoms with van der Waals surface area (Å²) in [5.74, 6) is -2.75. The maximum Gasteiger partial charge on any atom is 0.318 e.